The zero-order valence-corrected chi connectivity index (χ0v) is 8.01. The summed E-state index contributed by atoms with van der Waals surface area (Å²) in [7, 11) is 1.90. The lowest BCUT2D eigenvalue weighted by molar-refractivity contribution is 0.267. The minimum atomic E-state index is -0.0245. The van der Waals surface area contributed by atoms with Gasteiger partial charge in [-0.3, -0.25) is 0 Å². The molecule has 2 aromatic rings. The molecule has 3 nitrogen and oxygen atoms in total. The lowest BCUT2D eigenvalue weighted by Crippen LogP contribution is -1.98. The molecule has 0 saturated heterocycles. The van der Waals surface area contributed by atoms with E-state index in [1.54, 1.807) is 6.20 Å². The van der Waals surface area contributed by atoms with E-state index in [-0.39, 0.29) is 6.61 Å². The zero-order valence-electron chi connectivity index (χ0n) is 8.01. The fraction of sp³-hybridized carbons (Fsp3) is 0.182. The van der Waals surface area contributed by atoms with Crippen molar-refractivity contribution in [3.63, 3.8) is 0 Å². The largest absolute Gasteiger partial charge is 0.388 e. The van der Waals surface area contributed by atoms with Crippen LogP contribution in [0.1, 0.15) is 5.82 Å². The first-order valence-corrected chi connectivity index (χ1v) is 4.50. The topological polar surface area (TPSA) is 38.0 Å². The molecule has 1 aromatic heterocycles. The normalized spacial score (nSPS) is 10.4. The van der Waals surface area contributed by atoms with Crippen LogP contribution in [0, 0.1) is 0 Å². The number of aliphatic hydroxyl groups is 1. The molecule has 72 valence electrons. The van der Waals surface area contributed by atoms with Crippen molar-refractivity contribution in [1.82, 2.24) is 9.55 Å². The highest BCUT2D eigenvalue weighted by molar-refractivity contribution is 5.58. The summed E-state index contributed by atoms with van der Waals surface area (Å²) in [6.07, 6.45) is 1.78. The molecule has 0 radical (unpaired) electrons. The second-order valence-corrected chi connectivity index (χ2v) is 3.14. The second-order valence-electron chi connectivity index (χ2n) is 3.14. The molecular formula is C11H12N2O. The van der Waals surface area contributed by atoms with Gasteiger partial charge >= 0.3 is 0 Å². The summed E-state index contributed by atoms with van der Waals surface area (Å²) in [5, 5.41) is 9.00. The third-order valence-electron chi connectivity index (χ3n) is 2.30. The zero-order chi connectivity index (χ0) is 9.97. The Kier molecular flexibility index (Phi) is 2.33. The molecule has 0 bridgehead atoms. The van der Waals surface area contributed by atoms with Crippen LogP contribution in [0.2, 0.25) is 0 Å². The van der Waals surface area contributed by atoms with Gasteiger partial charge in [0, 0.05) is 7.05 Å². The van der Waals surface area contributed by atoms with Crippen LogP contribution in [0.5, 0.6) is 0 Å². The number of hydrogen-bond acceptors (Lipinski definition) is 2. The minimum absolute atomic E-state index is 0.0245. The van der Waals surface area contributed by atoms with Gasteiger partial charge in [0.05, 0.1) is 11.9 Å². The molecule has 14 heavy (non-hydrogen) atoms. The van der Waals surface area contributed by atoms with Crippen LogP contribution >= 0.6 is 0 Å². The maximum absolute atomic E-state index is 9.00. The van der Waals surface area contributed by atoms with E-state index >= 15 is 0 Å². The number of benzene rings is 1. The van der Waals surface area contributed by atoms with Gasteiger partial charge in [-0.15, -0.1) is 0 Å². The highest BCUT2D eigenvalue weighted by Crippen LogP contribution is 2.18. The Bertz CT molecular complexity index is 420. The summed E-state index contributed by atoms with van der Waals surface area (Å²) in [4.78, 5) is 4.12. The quantitative estimate of drug-likeness (QED) is 0.777. The third-order valence-corrected chi connectivity index (χ3v) is 2.30. The maximum atomic E-state index is 9.00. The highest BCUT2D eigenvalue weighted by Gasteiger charge is 2.06. The van der Waals surface area contributed by atoms with Crippen molar-refractivity contribution in [3.8, 4) is 11.3 Å². The lowest BCUT2D eigenvalue weighted by atomic mass is 10.2. The SMILES string of the molecule is Cn1c(-c2ccccc2)cnc1CO. The molecular weight excluding hydrogens is 176 g/mol. The summed E-state index contributed by atoms with van der Waals surface area (Å²) >= 11 is 0. The standard InChI is InChI=1S/C11H12N2O/c1-13-10(7-12-11(13)8-14)9-5-3-2-4-6-9/h2-7,14H,8H2,1H3. The van der Waals surface area contributed by atoms with Crippen molar-refractivity contribution in [3.05, 3.63) is 42.4 Å². The number of aliphatic hydroxyl groups excluding tert-OH is 1. The predicted octanol–water partition coefficient (Wildman–Crippen LogP) is 1.58. The van der Waals surface area contributed by atoms with Crippen LogP contribution in [0.25, 0.3) is 11.3 Å². The molecule has 0 atom stereocenters. The molecule has 0 fully saturated rings. The minimum Gasteiger partial charge on any atom is -0.388 e. The molecule has 1 aromatic carbocycles. The van der Waals surface area contributed by atoms with Gasteiger partial charge in [-0.2, -0.15) is 0 Å². The predicted molar refractivity (Wildman–Crippen MR) is 54.6 cm³/mol. The van der Waals surface area contributed by atoms with E-state index in [4.69, 9.17) is 5.11 Å². The molecule has 0 aliphatic heterocycles. The third kappa shape index (κ3) is 1.42. The van der Waals surface area contributed by atoms with Crippen LogP contribution in [-0.2, 0) is 13.7 Å². The fourth-order valence-electron chi connectivity index (χ4n) is 1.47. The second kappa shape index (κ2) is 3.64. The summed E-state index contributed by atoms with van der Waals surface area (Å²) < 4.78 is 1.90. The molecule has 0 spiro atoms. The Balaban J connectivity index is 2.48. The fourth-order valence-corrected chi connectivity index (χ4v) is 1.47. The molecule has 2 rings (SSSR count). The van der Waals surface area contributed by atoms with Crippen molar-refractivity contribution >= 4 is 0 Å². The van der Waals surface area contributed by atoms with Crippen LogP contribution < -0.4 is 0 Å². The van der Waals surface area contributed by atoms with Crippen molar-refractivity contribution in [2.45, 2.75) is 6.61 Å². The Hall–Kier alpha value is -1.61. The van der Waals surface area contributed by atoms with Gasteiger partial charge in [-0.05, 0) is 5.56 Å². The summed E-state index contributed by atoms with van der Waals surface area (Å²) in [6.45, 7) is -0.0245. The van der Waals surface area contributed by atoms with E-state index < -0.39 is 0 Å². The molecule has 1 heterocycles. The summed E-state index contributed by atoms with van der Waals surface area (Å²) in [5.74, 6) is 0.684. The molecule has 0 unspecified atom stereocenters. The van der Waals surface area contributed by atoms with Crippen molar-refractivity contribution in [1.29, 1.82) is 0 Å². The van der Waals surface area contributed by atoms with Gasteiger partial charge in [0.25, 0.3) is 0 Å². The van der Waals surface area contributed by atoms with Crippen LogP contribution in [0.4, 0.5) is 0 Å². The first-order valence-electron chi connectivity index (χ1n) is 4.50. The highest BCUT2D eigenvalue weighted by atomic mass is 16.3. The van der Waals surface area contributed by atoms with Crippen molar-refractivity contribution < 1.29 is 5.11 Å². The van der Waals surface area contributed by atoms with E-state index in [0.29, 0.717) is 5.82 Å². The number of rotatable bonds is 2. The molecule has 0 amide bonds. The van der Waals surface area contributed by atoms with Gasteiger partial charge in [0.15, 0.2) is 0 Å². The van der Waals surface area contributed by atoms with Crippen LogP contribution in [0.15, 0.2) is 36.5 Å². The molecule has 3 heteroatoms. The average molecular weight is 188 g/mol. The summed E-state index contributed by atoms with van der Waals surface area (Å²) in [6, 6.07) is 10.0. The average Bonchev–Trinajstić information content (AvgIpc) is 2.61. The number of aromatic nitrogens is 2. The Morgan fingerprint density at radius 1 is 1.29 bits per heavy atom. The van der Waals surface area contributed by atoms with Gasteiger partial charge in [0.2, 0.25) is 0 Å². The first kappa shape index (κ1) is 8.97. The van der Waals surface area contributed by atoms with E-state index in [1.807, 2.05) is 41.9 Å². The number of nitrogens with zero attached hydrogens (tertiary/aromatic N) is 2. The molecule has 0 aliphatic rings. The monoisotopic (exact) mass is 188 g/mol. The van der Waals surface area contributed by atoms with Crippen LogP contribution in [-0.4, -0.2) is 14.7 Å². The number of hydrogen-bond donors (Lipinski definition) is 1. The Morgan fingerprint density at radius 3 is 2.57 bits per heavy atom. The van der Waals surface area contributed by atoms with Gasteiger partial charge in [-0.25, -0.2) is 4.98 Å². The van der Waals surface area contributed by atoms with E-state index in [0.717, 1.165) is 11.3 Å². The number of imidazole rings is 1. The molecule has 1 N–H and O–H groups in total. The smallest absolute Gasteiger partial charge is 0.134 e. The van der Waals surface area contributed by atoms with E-state index in [1.165, 1.54) is 0 Å². The Morgan fingerprint density at radius 2 is 2.00 bits per heavy atom. The lowest BCUT2D eigenvalue weighted by Gasteiger charge is -2.03. The van der Waals surface area contributed by atoms with E-state index in [2.05, 4.69) is 4.98 Å². The Labute approximate surface area is 82.7 Å². The van der Waals surface area contributed by atoms with Crippen molar-refractivity contribution in [2.24, 2.45) is 7.05 Å². The van der Waals surface area contributed by atoms with Crippen molar-refractivity contribution in [2.75, 3.05) is 0 Å². The van der Waals surface area contributed by atoms with E-state index in [9.17, 15) is 0 Å². The summed E-state index contributed by atoms with van der Waals surface area (Å²) in [5.41, 5.74) is 2.14. The first-order chi connectivity index (χ1) is 6.83. The van der Waals surface area contributed by atoms with Gasteiger partial charge in [0.1, 0.15) is 12.4 Å². The maximum Gasteiger partial charge on any atom is 0.134 e. The van der Waals surface area contributed by atoms with Crippen LogP contribution in [0.3, 0.4) is 0 Å². The molecule has 0 aliphatic carbocycles. The van der Waals surface area contributed by atoms with Gasteiger partial charge < -0.3 is 9.67 Å². The molecule has 0 saturated carbocycles. The van der Waals surface area contributed by atoms with Gasteiger partial charge in [-0.1, -0.05) is 30.3 Å².